The van der Waals surface area contributed by atoms with Gasteiger partial charge >= 0.3 is 0 Å². The van der Waals surface area contributed by atoms with Crippen molar-refractivity contribution >= 4 is 0 Å². The van der Waals surface area contributed by atoms with Crippen LogP contribution in [-0.2, 0) is 6.42 Å². The highest BCUT2D eigenvalue weighted by Crippen LogP contribution is 2.44. The molecule has 1 nitrogen and oxygen atoms in total. The van der Waals surface area contributed by atoms with Crippen LogP contribution in [0.2, 0.25) is 0 Å². The van der Waals surface area contributed by atoms with E-state index in [0.717, 1.165) is 30.6 Å². The second-order valence-corrected chi connectivity index (χ2v) is 9.11. The minimum absolute atomic E-state index is 0.281. The first-order valence-electron chi connectivity index (χ1n) is 11.6. The average molecular weight is 382 g/mol. The van der Waals surface area contributed by atoms with Gasteiger partial charge in [-0.25, -0.2) is 0 Å². The van der Waals surface area contributed by atoms with E-state index < -0.39 is 5.83 Å². The molecule has 0 unspecified atom stereocenters. The summed E-state index contributed by atoms with van der Waals surface area (Å²) in [5, 5.41) is 8.61. The fourth-order valence-electron chi connectivity index (χ4n) is 5.49. The molecule has 2 fully saturated rings. The summed E-state index contributed by atoms with van der Waals surface area (Å²) >= 11 is 0. The van der Waals surface area contributed by atoms with Crippen molar-refractivity contribution in [3.05, 3.63) is 47.3 Å². The van der Waals surface area contributed by atoms with Crippen molar-refractivity contribution in [1.82, 2.24) is 0 Å². The number of hydrogen-bond donors (Lipinski definition) is 0. The van der Waals surface area contributed by atoms with Crippen molar-refractivity contribution < 1.29 is 4.39 Å². The van der Waals surface area contributed by atoms with Gasteiger partial charge in [-0.05, 0) is 105 Å². The van der Waals surface area contributed by atoms with E-state index in [1.807, 2.05) is 0 Å². The fraction of sp³-hybridized carbons (Fsp3) is 0.654. The minimum Gasteiger partial charge on any atom is -0.195 e. The van der Waals surface area contributed by atoms with Crippen molar-refractivity contribution in [2.45, 2.75) is 89.9 Å². The van der Waals surface area contributed by atoms with Crippen molar-refractivity contribution in [1.29, 1.82) is 5.26 Å². The normalized spacial score (nSPS) is 28.7. The Kier molecular flexibility index (Phi) is 8.13. The number of rotatable bonds is 7. The lowest BCUT2D eigenvalue weighted by molar-refractivity contribution is 0.171. The molecule has 0 aliphatic heterocycles. The number of hydrogen-bond acceptors (Lipinski definition) is 1. The first kappa shape index (κ1) is 21.1. The van der Waals surface area contributed by atoms with Crippen LogP contribution in [0.4, 0.5) is 4.39 Å². The number of halogens is 1. The highest BCUT2D eigenvalue weighted by molar-refractivity contribution is 5.26. The van der Waals surface area contributed by atoms with Crippen LogP contribution in [0.3, 0.4) is 0 Å². The lowest BCUT2D eigenvalue weighted by atomic mass is 9.68. The summed E-state index contributed by atoms with van der Waals surface area (Å²) < 4.78 is 13.2. The molecule has 3 rings (SSSR count). The van der Waals surface area contributed by atoms with Crippen LogP contribution in [0.25, 0.3) is 0 Å². The molecular formula is C26H36FN. The molecule has 0 amide bonds. The second-order valence-electron chi connectivity index (χ2n) is 9.11. The first-order valence-corrected chi connectivity index (χ1v) is 11.6. The summed E-state index contributed by atoms with van der Waals surface area (Å²) in [5.41, 5.74) is 3.03. The van der Waals surface area contributed by atoms with Gasteiger partial charge in [-0.3, -0.25) is 0 Å². The Bertz CT molecular complexity index is 653. The molecule has 0 bridgehead atoms. The van der Waals surface area contributed by atoms with E-state index >= 15 is 0 Å². The molecule has 0 aromatic heterocycles. The number of nitriles is 1. The third-order valence-electron chi connectivity index (χ3n) is 7.26. The molecule has 0 N–H and O–H groups in total. The molecular weight excluding hydrogens is 345 g/mol. The molecule has 1 aromatic carbocycles. The maximum atomic E-state index is 13.2. The topological polar surface area (TPSA) is 23.8 Å². The van der Waals surface area contributed by atoms with Gasteiger partial charge in [0.1, 0.15) is 6.07 Å². The van der Waals surface area contributed by atoms with Gasteiger partial charge in [0, 0.05) is 0 Å². The highest BCUT2D eigenvalue weighted by atomic mass is 19.1. The zero-order valence-electron chi connectivity index (χ0n) is 17.5. The van der Waals surface area contributed by atoms with Crippen LogP contribution in [0.1, 0.15) is 94.6 Å². The van der Waals surface area contributed by atoms with Crippen molar-refractivity contribution in [3.63, 3.8) is 0 Å². The van der Waals surface area contributed by atoms with Crippen LogP contribution in [0.15, 0.2) is 36.2 Å². The summed E-state index contributed by atoms with van der Waals surface area (Å²) in [6.07, 6.45) is 16.6. The summed E-state index contributed by atoms with van der Waals surface area (Å²) in [7, 11) is 0. The summed E-state index contributed by atoms with van der Waals surface area (Å²) in [4.78, 5) is 0. The lowest BCUT2D eigenvalue weighted by Gasteiger charge is -2.37. The number of unbranched alkanes of at least 4 members (excludes halogenated alkanes) is 2. The van der Waals surface area contributed by atoms with E-state index in [9.17, 15) is 4.39 Å². The minimum atomic E-state index is -0.597. The quantitative estimate of drug-likeness (QED) is 0.348. The van der Waals surface area contributed by atoms with E-state index in [-0.39, 0.29) is 5.92 Å². The van der Waals surface area contributed by atoms with Crippen LogP contribution in [-0.4, -0.2) is 0 Å². The maximum Gasteiger partial charge on any atom is 0.196 e. The molecule has 2 saturated carbocycles. The lowest BCUT2D eigenvalue weighted by Crippen LogP contribution is -2.25. The molecule has 0 atom stereocenters. The smallest absolute Gasteiger partial charge is 0.195 e. The molecule has 2 aliphatic carbocycles. The van der Waals surface area contributed by atoms with Gasteiger partial charge in [0.25, 0.3) is 0 Å². The monoisotopic (exact) mass is 381 g/mol. The van der Waals surface area contributed by atoms with Crippen molar-refractivity contribution in [2.75, 3.05) is 0 Å². The van der Waals surface area contributed by atoms with Gasteiger partial charge in [0.15, 0.2) is 5.83 Å². The molecule has 152 valence electrons. The predicted octanol–water partition coefficient (Wildman–Crippen LogP) is 7.88. The van der Waals surface area contributed by atoms with Crippen LogP contribution in [0.5, 0.6) is 0 Å². The Labute approximate surface area is 171 Å². The molecule has 0 spiro atoms. The van der Waals surface area contributed by atoms with Crippen molar-refractivity contribution in [3.8, 4) is 6.07 Å². The van der Waals surface area contributed by atoms with Crippen LogP contribution < -0.4 is 0 Å². The highest BCUT2D eigenvalue weighted by Gasteiger charge is 2.31. The predicted molar refractivity (Wildman–Crippen MR) is 115 cm³/mol. The third kappa shape index (κ3) is 5.94. The Hall–Kier alpha value is -1.62. The summed E-state index contributed by atoms with van der Waals surface area (Å²) in [5.74, 6) is 2.10. The number of allylic oxidation sites excluding steroid dienone is 2. The largest absolute Gasteiger partial charge is 0.196 e. The van der Waals surface area contributed by atoms with E-state index in [2.05, 4.69) is 31.2 Å². The molecule has 0 radical (unpaired) electrons. The van der Waals surface area contributed by atoms with Gasteiger partial charge < -0.3 is 0 Å². The van der Waals surface area contributed by atoms with E-state index in [1.54, 1.807) is 17.7 Å². The van der Waals surface area contributed by atoms with E-state index in [4.69, 9.17) is 5.26 Å². The van der Waals surface area contributed by atoms with Gasteiger partial charge in [0.2, 0.25) is 0 Å². The van der Waals surface area contributed by atoms with E-state index in [0.29, 0.717) is 0 Å². The number of nitrogens with zero attached hydrogens (tertiary/aromatic N) is 1. The van der Waals surface area contributed by atoms with Gasteiger partial charge in [0.05, 0.1) is 0 Å². The molecule has 2 aliphatic rings. The SMILES string of the molecule is CCCCCc1ccc([C@H]2CC[C@H]([C@H]3CC[C@H](C=C(F)C#N)CC3)CC2)cc1. The van der Waals surface area contributed by atoms with Crippen LogP contribution in [0, 0.1) is 29.1 Å². The summed E-state index contributed by atoms with van der Waals surface area (Å²) in [6.45, 7) is 2.26. The van der Waals surface area contributed by atoms with Gasteiger partial charge in [-0.1, -0.05) is 44.0 Å². The fourth-order valence-corrected chi connectivity index (χ4v) is 5.49. The maximum absolute atomic E-state index is 13.2. The van der Waals surface area contributed by atoms with Gasteiger partial charge in [-0.15, -0.1) is 0 Å². The molecule has 2 heteroatoms. The van der Waals surface area contributed by atoms with E-state index in [1.165, 1.54) is 69.8 Å². The Balaban J connectivity index is 1.43. The van der Waals surface area contributed by atoms with Gasteiger partial charge in [-0.2, -0.15) is 9.65 Å². The van der Waals surface area contributed by atoms with Crippen LogP contribution >= 0.6 is 0 Å². The molecule has 28 heavy (non-hydrogen) atoms. The third-order valence-corrected chi connectivity index (χ3v) is 7.26. The average Bonchev–Trinajstić information content (AvgIpc) is 2.75. The molecule has 0 saturated heterocycles. The first-order chi connectivity index (χ1) is 13.7. The molecule has 1 aromatic rings. The second kappa shape index (κ2) is 10.8. The number of benzene rings is 1. The van der Waals surface area contributed by atoms with Crippen molar-refractivity contribution in [2.24, 2.45) is 17.8 Å². The molecule has 0 heterocycles. The Morgan fingerprint density at radius 2 is 1.57 bits per heavy atom. The Morgan fingerprint density at radius 3 is 2.14 bits per heavy atom. The zero-order valence-corrected chi connectivity index (χ0v) is 17.5. The Morgan fingerprint density at radius 1 is 0.964 bits per heavy atom. The standard InChI is InChI=1S/C26H36FN/c1-2-3-4-5-20-6-10-22(11-7-20)24-14-16-25(17-15-24)23-12-8-21(9-13-23)18-26(27)19-28/h6-7,10-11,18,21,23-25H,2-5,8-9,12-17H2,1H3/t21-,23-,24-,25-. The summed E-state index contributed by atoms with van der Waals surface area (Å²) in [6, 6.07) is 11.1. The zero-order chi connectivity index (χ0) is 19.8. The number of aryl methyl sites for hydroxylation is 1.